The predicted molar refractivity (Wildman–Crippen MR) is 288 cm³/mol. The standard InChI is InChI=1S/C64H34N8/c65-35-39-33-41(37-67)61(69-51-25-9-1-17-43(51)44-18-2-10-26-52(44)69)63(71-55-29-13-5-21-47(55)48-22-6-14-30-56(48)71)59(39)60-40(36-66)34-42(38-68)62(70-53-27-11-3-19-45(53)46-20-4-12-28-54(46)70)64(60)72-57-31-15-7-23-49(57)50-24-8-16-32-58(50)72/h1-34H. The Morgan fingerprint density at radius 3 is 0.597 bits per heavy atom. The van der Waals surface area contributed by atoms with Gasteiger partial charge in [0.05, 0.1) is 101 Å². The molecular weight excluding hydrogens is 881 g/mol. The molecule has 0 aliphatic heterocycles. The van der Waals surface area contributed by atoms with Crippen LogP contribution in [0.1, 0.15) is 22.3 Å². The molecule has 0 amide bonds. The van der Waals surface area contributed by atoms with Gasteiger partial charge in [0.25, 0.3) is 0 Å². The van der Waals surface area contributed by atoms with Crippen molar-refractivity contribution < 1.29 is 0 Å². The molecule has 0 saturated heterocycles. The van der Waals surface area contributed by atoms with Crippen molar-refractivity contribution in [3.8, 4) is 58.2 Å². The van der Waals surface area contributed by atoms with Crippen molar-refractivity contribution >= 4 is 87.2 Å². The molecule has 8 heteroatoms. The van der Waals surface area contributed by atoms with Crippen molar-refractivity contribution in [2.75, 3.05) is 0 Å². The number of para-hydroxylation sites is 8. The third kappa shape index (κ3) is 5.41. The monoisotopic (exact) mass is 914 g/mol. The van der Waals surface area contributed by atoms with Crippen LogP contribution in [0, 0.1) is 45.3 Å². The Hall–Kier alpha value is -10.6. The summed E-state index contributed by atoms with van der Waals surface area (Å²) in [5.41, 5.74) is 10.7. The van der Waals surface area contributed by atoms with E-state index in [4.69, 9.17) is 0 Å². The van der Waals surface area contributed by atoms with Crippen molar-refractivity contribution in [2.45, 2.75) is 0 Å². The van der Waals surface area contributed by atoms with E-state index in [0.717, 1.165) is 87.2 Å². The molecule has 330 valence electrons. The average Bonchev–Trinajstić information content (AvgIpc) is 4.17. The molecule has 0 aliphatic rings. The summed E-state index contributed by atoms with van der Waals surface area (Å²) in [6.45, 7) is 0. The third-order valence-corrected chi connectivity index (χ3v) is 14.5. The van der Waals surface area contributed by atoms with E-state index in [-0.39, 0.29) is 22.3 Å². The van der Waals surface area contributed by atoms with Crippen molar-refractivity contribution in [1.82, 2.24) is 18.3 Å². The number of benzene rings is 10. The highest BCUT2D eigenvalue weighted by atomic mass is 15.1. The maximum absolute atomic E-state index is 11.9. The fourth-order valence-electron chi connectivity index (χ4n) is 11.7. The topological polar surface area (TPSA) is 115 Å². The summed E-state index contributed by atoms with van der Waals surface area (Å²) in [5, 5.41) is 54.8. The van der Waals surface area contributed by atoms with Crippen LogP contribution in [0.15, 0.2) is 206 Å². The second kappa shape index (κ2) is 15.4. The number of aromatic nitrogens is 4. The Labute approximate surface area is 411 Å². The fraction of sp³-hybridized carbons (Fsp3) is 0. The van der Waals surface area contributed by atoms with E-state index in [1.807, 2.05) is 97.1 Å². The van der Waals surface area contributed by atoms with E-state index in [9.17, 15) is 21.0 Å². The van der Waals surface area contributed by atoms with Gasteiger partial charge >= 0.3 is 0 Å². The first-order valence-electron chi connectivity index (χ1n) is 23.6. The Morgan fingerprint density at radius 2 is 0.403 bits per heavy atom. The summed E-state index contributed by atoms with van der Waals surface area (Å²) in [5.74, 6) is 0. The molecule has 72 heavy (non-hydrogen) atoms. The molecule has 0 radical (unpaired) electrons. The van der Waals surface area contributed by atoms with Crippen LogP contribution in [0.25, 0.3) is 121 Å². The number of hydrogen-bond acceptors (Lipinski definition) is 4. The number of rotatable bonds is 5. The molecule has 14 aromatic rings. The number of nitriles is 4. The fourth-order valence-corrected chi connectivity index (χ4v) is 11.7. The summed E-state index contributed by atoms with van der Waals surface area (Å²) in [6, 6.07) is 79.2. The maximum atomic E-state index is 11.9. The molecule has 0 saturated carbocycles. The summed E-state index contributed by atoms with van der Waals surface area (Å²) >= 11 is 0. The second-order valence-corrected chi connectivity index (χ2v) is 18.0. The molecule has 4 heterocycles. The van der Waals surface area contributed by atoms with Crippen LogP contribution in [0.2, 0.25) is 0 Å². The first-order valence-corrected chi connectivity index (χ1v) is 23.6. The highest BCUT2D eigenvalue weighted by molar-refractivity contribution is 6.16. The van der Waals surface area contributed by atoms with Crippen LogP contribution < -0.4 is 0 Å². The Balaban J connectivity index is 1.32. The molecule has 0 N–H and O–H groups in total. The van der Waals surface area contributed by atoms with Crippen molar-refractivity contribution in [3.05, 3.63) is 229 Å². The zero-order valence-electron chi connectivity index (χ0n) is 38.2. The Morgan fingerprint density at radius 1 is 0.222 bits per heavy atom. The number of hydrogen-bond donors (Lipinski definition) is 0. The van der Waals surface area contributed by atoms with E-state index in [2.05, 4.69) is 140 Å². The van der Waals surface area contributed by atoms with E-state index in [0.29, 0.717) is 33.9 Å². The highest BCUT2D eigenvalue weighted by Gasteiger charge is 2.34. The van der Waals surface area contributed by atoms with Crippen molar-refractivity contribution in [1.29, 1.82) is 21.0 Å². The molecular formula is C64H34N8. The average molecular weight is 915 g/mol. The number of nitrogens with zero attached hydrogens (tertiary/aromatic N) is 8. The van der Waals surface area contributed by atoms with Crippen LogP contribution in [-0.4, -0.2) is 18.3 Å². The van der Waals surface area contributed by atoms with Crippen LogP contribution in [0.4, 0.5) is 0 Å². The molecule has 4 aromatic heterocycles. The second-order valence-electron chi connectivity index (χ2n) is 18.0. The summed E-state index contributed by atoms with van der Waals surface area (Å²) in [6.07, 6.45) is 0. The summed E-state index contributed by atoms with van der Waals surface area (Å²) in [4.78, 5) is 0. The minimum absolute atomic E-state index is 0.185. The first kappa shape index (κ1) is 40.4. The van der Waals surface area contributed by atoms with Gasteiger partial charge in [0.2, 0.25) is 0 Å². The van der Waals surface area contributed by atoms with E-state index in [1.165, 1.54) is 0 Å². The van der Waals surface area contributed by atoms with Gasteiger partial charge < -0.3 is 18.3 Å². The van der Waals surface area contributed by atoms with Gasteiger partial charge in [-0.25, -0.2) is 0 Å². The van der Waals surface area contributed by atoms with Gasteiger partial charge in [0.1, 0.15) is 12.1 Å². The van der Waals surface area contributed by atoms with Gasteiger partial charge in [-0.1, -0.05) is 146 Å². The maximum Gasteiger partial charge on any atom is 0.101 e. The SMILES string of the molecule is N#Cc1cc(C#N)c(-n2c3ccccc3c3ccccc32)c(-n2c3ccccc3c3ccccc32)c1-c1c(C#N)cc(C#N)c(-n2c3ccccc3c3ccccc32)c1-n1c2ccccc2c2ccccc21. The van der Waals surface area contributed by atoms with Crippen LogP contribution in [-0.2, 0) is 0 Å². The van der Waals surface area contributed by atoms with Gasteiger partial charge in [-0.05, 0) is 60.7 Å². The third-order valence-electron chi connectivity index (χ3n) is 14.5. The van der Waals surface area contributed by atoms with Crippen molar-refractivity contribution in [3.63, 3.8) is 0 Å². The van der Waals surface area contributed by atoms with Gasteiger partial charge in [-0.3, -0.25) is 0 Å². The zero-order chi connectivity index (χ0) is 48.2. The van der Waals surface area contributed by atoms with E-state index in [1.54, 1.807) is 12.1 Å². The first-order chi connectivity index (χ1) is 35.6. The van der Waals surface area contributed by atoms with Gasteiger partial charge in [-0.2, -0.15) is 21.0 Å². The van der Waals surface area contributed by atoms with E-state index >= 15 is 0 Å². The van der Waals surface area contributed by atoms with Crippen LogP contribution in [0.5, 0.6) is 0 Å². The molecule has 8 nitrogen and oxygen atoms in total. The van der Waals surface area contributed by atoms with Gasteiger partial charge in [-0.15, -0.1) is 0 Å². The lowest BCUT2D eigenvalue weighted by Gasteiger charge is -2.27. The van der Waals surface area contributed by atoms with Crippen molar-refractivity contribution in [2.24, 2.45) is 0 Å². The Bertz CT molecular complexity index is 4350. The largest absolute Gasteiger partial charge is 0.306 e. The van der Waals surface area contributed by atoms with Gasteiger partial charge in [0, 0.05) is 54.2 Å². The predicted octanol–water partition coefficient (Wildman–Crippen LogP) is 15.2. The minimum Gasteiger partial charge on any atom is -0.306 e. The minimum atomic E-state index is 0.185. The zero-order valence-corrected chi connectivity index (χ0v) is 38.2. The van der Waals surface area contributed by atoms with Crippen LogP contribution >= 0.6 is 0 Å². The molecule has 0 bridgehead atoms. The molecule has 14 rings (SSSR count). The van der Waals surface area contributed by atoms with E-state index < -0.39 is 0 Å². The van der Waals surface area contributed by atoms with Crippen LogP contribution in [0.3, 0.4) is 0 Å². The van der Waals surface area contributed by atoms with Gasteiger partial charge in [0.15, 0.2) is 0 Å². The quantitative estimate of drug-likeness (QED) is 0.171. The Kier molecular flexibility index (Phi) is 8.67. The summed E-state index contributed by atoms with van der Waals surface area (Å²) in [7, 11) is 0. The lowest BCUT2D eigenvalue weighted by Crippen LogP contribution is -2.14. The lowest BCUT2D eigenvalue weighted by atomic mass is 9.87. The molecule has 0 unspecified atom stereocenters. The molecule has 0 fully saturated rings. The lowest BCUT2D eigenvalue weighted by molar-refractivity contribution is 1.07. The molecule has 0 atom stereocenters. The summed E-state index contributed by atoms with van der Waals surface area (Å²) < 4.78 is 8.65. The number of fused-ring (bicyclic) bond motifs is 12. The molecule has 0 aliphatic carbocycles. The molecule has 10 aromatic carbocycles. The molecule has 0 spiro atoms. The highest BCUT2D eigenvalue weighted by Crippen LogP contribution is 2.51. The smallest absolute Gasteiger partial charge is 0.101 e. The normalized spacial score (nSPS) is 11.6.